The lowest BCUT2D eigenvalue weighted by atomic mass is 10.0. The van der Waals surface area contributed by atoms with Gasteiger partial charge in [-0.1, -0.05) is 0 Å². The lowest BCUT2D eigenvalue weighted by Gasteiger charge is -2.22. The summed E-state index contributed by atoms with van der Waals surface area (Å²) < 4.78 is 5.32. The molecule has 1 heterocycles. The zero-order valence-electron chi connectivity index (χ0n) is 9.78. The molecule has 3 N–H and O–H groups in total. The molecule has 0 aliphatic carbocycles. The van der Waals surface area contributed by atoms with Gasteiger partial charge in [0.15, 0.2) is 0 Å². The highest BCUT2D eigenvalue weighted by atomic mass is 16.5. The van der Waals surface area contributed by atoms with Gasteiger partial charge in [-0.05, 0) is 37.0 Å². The van der Waals surface area contributed by atoms with E-state index in [1.165, 1.54) is 0 Å². The highest BCUT2D eigenvalue weighted by Crippen LogP contribution is 2.19. The predicted molar refractivity (Wildman–Crippen MR) is 67.6 cm³/mol. The van der Waals surface area contributed by atoms with Crippen molar-refractivity contribution in [3.63, 3.8) is 0 Å². The quantitative estimate of drug-likeness (QED) is 0.780. The van der Waals surface area contributed by atoms with E-state index in [0.29, 0.717) is 17.2 Å². The molecule has 2 rings (SSSR count). The number of nitrogens with two attached hydrogens (primary N) is 1. The Labute approximate surface area is 101 Å². The number of hydrogen-bond acceptors (Lipinski definition) is 4. The Hall–Kier alpha value is -1.73. The van der Waals surface area contributed by atoms with Crippen LogP contribution in [0.1, 0.15) is 18.4 Å². The van der Waals surface area contributed by atoms with Crippen LogP contribution in [0.5, 0.6) is 0 Å². The van der Waals surface area contributed by atoms with Crippen molar-refractivity contribution in [1.82, 2.24) is 0 Å². The number of rotatable bonds is 3. The number of nitrogens with one attached hydrogen (secondary N) is 1. The lowest BCUT2D eigenvalue weighted by molar-refractivity contribution is 0.0699. The van der Waals surface area contributed by atoms with Crippen LogP contribution < -0.4 is 11.1 Å². The van der Waals surface area contributed by atoms with Gasteiger partial charge in [0, 0.05) is 25.4 Å². The average Bonchev–Trinajstić information content (AvgIpc) is 2.38. The minimum atomic E-state index is 0.529. The van der Waals surface area contributed by atoms with E-state index in [0.717, 1.165) is 38.3 Å². The second-order valence-electron chi connectivity index (χ2n) is 4.35. The van der Waals surface area contributed by atoms with E-state index >= 15 is 0 Å². The summed E-state index contributed by atoms with van der Waals surface area (Å²) in [6.45, 7) is 2.67. The highest BCUT2D eigenvalue weighted by molar-refractivity contribution is 5.62. The van der Waals surface area contributed by atoms with Gasteiger partial charge in [-0.25, -0.2) is 0 Å². The van der Waals surface area contributed by atoms with Crippen molar-refractivity contribution >= 4 is 11.4 Å². The van der Waals surface area contributed by atoms with E-state index in [9.17, 15) is 0 Å². The fraction of sp³-hybridized carbons (Fsp3) is 0.462. The lowest BCUT2D eigenvalue weighted by Crippen LogP contribution is -2.22. The maximum atomic E-state index is 8.78. The number of benzene rings is 1. The van der Waals surface area contributed by atoms with Crippen LogP contribution in [0, 0.1) is 17.2 Å². The molecule has 1 aliphatic rings. The van der Waals surface area contributed by atoms with Crippen molar-refractivity contribution < 1.29 is 4.74 Å². The van der Waals surface area contributed by atoms with Gasteiger partial charge in [-0.3, -0.25) is 0 Å². The molecule has 4 nitrogen and oxygen atoms in total. The van der Waals surface area contributed by atoms with Gasteiger partial charge in [-0.2, -0.15) is 5.26 Å². The van der Waals surface area contributed by atoms with Crippen LogP contribution in [-0.2, 0) is 4.74 Å². The van der Waals surface area contributed by atoms with E-state index in [2.05, 4.69) is 11.4 Å². The third-order valence-corrected chi connectivity index (χ3v) is 3.11. The van der Waals surface area contributed by atoms with Crippen LogP contribution in [0.3, 0.4) is 0 Å². The molecule has 0 radical (unpaired) electrons. The second-order valence-corrected chi connectivity index (χ2v) is 4.35. The number of nitrogens with zero attached hydrogens (tertiary/aromatic N) is 1. The largest absolute Gasteiger partial charge is 0.398 e. The predicted octanol–water partition coefficient (Wildman–Crippen LogP) is 1.98. The average molecular weight is 231 g/mol. The summed E-state index contributed by atoms with van der Waals surface area (Å²) in [5.74, 6) is 0.667. The molecule has 1 aliphatic heterocycles. The zero-order valence-corrected chi connectivity index (χ0v) is 9.78. The fourth-order valence-corrected chi connectivity index (χ4v) is 1.99. The van der Waals surface area contributed by atoms with Crippen molar-refractivity contribution in [1.29, 1.82) is 5.26 Å². The molecule has 4 heteroatoms. The van der Waals surface area contributed by atoms with Gasteiger partial charge >= 0.3 is 0 Å². The molecule has 1 aromatic rings. The Kier molecular flexibility index (Phi) is 3.84. The highest BCUT2D eigenvalue weighted by Gasteiger charge is 2.13. The third-order valence-electron chi connectivity index (χ3n) is 3.11. The first-order chi connectivity index (χ1) is 8.29. The Morgan fingerprint density at radius 1 is 1.41 bits per heavy atom. The summed E-state index contributed by atoms with van der Waals surface area (Å²) in [5, 5.41) is 12.1. The van der Waals surface area contributed by atoms with Crippen LogP contribution in [0.2, 0.25) is 0 Å². The van der Waals surface area contributed by atoms with Crippen LogP contribution in [-0.4, -0.2) is 19.8 Å². The normalized spacial score (nSPS) is 16.4. The molecule has 1 saturated heterocycles. The minimum absolute atomic E-state index is 0.529. The molecule has 0 aromatic heterocycles. The van der Waals surface area contributed by atoms with Crippen LogP contribution >= 0.6 is 0 Å². The molecule has 0 unspecified atom stereocenters. The van der Waals surface area contributed by atoms with E-state index < -0.39 is 0 Å². The fourth-order valence-electron chi connectivity index (χ4n) is 1.99. The Balaban J connectivity index is 1.90. The smallest absolute Gasteiger partial charge is 0.101 e. The Bertz CT molecular complexity index is 419. The zero-order chi connectivity index (χ0) is 12.1. The molecular weight excluding hydrogens is 214 g/mol. The van der Waals surface area contributed by atoms with Crippen LogP contribution in [0.25, 0.3) is 0 Å². The maximum Gasteiger partial charge on any atom is 0.101 e. The van der Waals surface area contributed by atoms with Gasteiger partial charge in [-0.15, -0.1) is 0 Å². The van der Waals surface area contributed by atoms with Crippen molar-refractivity contribution in [3.8, 4) is 6.07 Å². The van der Waals surface area contributed by atoms with Crippen molar-refractivity contribution in [2.24, 2.45) is 5.92 Å². The first kappa shape index (κ1) is 11.7. The van der Waals surface area contributed by atoms with Gasteiger partial charge in [0.1, 0.15) is 6.07 Å². The molecule has 0 amide bonds. The van der Waals surface area contributed by atoms with E-state index in [4.69, 9.17) is 15.7 Å². The molecule has 0 spiro atoms. The molecule has 90 valence electrons. The van der Waals surface area contributed by atoms with Crippen molar-refractivity contribution in [2.75, 3.05) is 30.8 Å². The summed E-state index contributed by atoms with van der Waals surface area (Å²) in [6.07, 6.45) is 2.22. The maximum absolute atomic E-state index is 8.78. The molecule has 0 saturated carbocycles. The molecule has 1 fully saturated rings. The topological polar surface area (TPSA) is 71.1 Å². The minimum Gasteiger partial charge on any atom is -0.398 e. The summed E-state index contributed by atoms with van der Waals surface area (Å²) >= 11 is 0. The first-order valence-corrected chi connectivity index (χ1v) is 5.91. The van der Waals surface area contributed by atoms with Crippen LogP contribution in [0.4, 0.5) is 11.4 Å². The molecule has 0 atom stereocenters. The number of nitrogen functional groups attached to an aromatic ring is 1. The van der Waals surface area contributed by atoms with Gasteiger partial charge < -0.3 is 15.8 Å². The van der Waals surface area contributed by atoms with E-state index in [1.807, 2.05) is 12.1 Å². The summed E-state index contributed by atoms with van der Waals surface area (Å²) in [6, 6.07) is 7.52. The summed E-state index contributed by atoms with van der Waals surface area (Å²) in [4.78, 5) is 0. The summed E-state index contributed by atoms with van der Waals surface area (Å²) in [7, 11) is 0. The Morgan fingerprint density at radius 3 is 2.82 bits per heavy atom. The summed E-state index contributed by atoms with van der Waals surface area (Å²) in [5.41, 5.74) is 7.80. The SMILES string of the molecule is N#Cc1ccc(NCC2CCOCC2)cc1N. The van der Waals surface area contributed by atoms with E-state index in [1.54, 1.807) is 6.07 Å². The number of nitriles is 1. The molecule has 17 heavy (non-hydrogen) atoms. The monoisotopic (exact) mass is 231 g/mol. The van der Waals surface area contributed by atoms with Gasteiger partial charge in [0.2, 0.25) is 0 Å². The second kappa shape index (κ2) is 5.55. The third kappa shape index (κ3) is 3.11. The van der Waals surface area contributed by atoms with Crippen molar-refractivity contribution in [3.05, 3.63) is 23.8 Å². The van der Waals surface area contributed by atoms with Gasteiger partial charge in [0.25, 0.3) is 0 Å². The van der Waals surface area contributed by atoms with Crippen molar-refractivity contribution in [2.45, 2.75) is 12.8 Å². The molecule has 0 bridgehead atoms. The Morgan fingerprint density at radius 2 is 2.18 bits per heavy atom. The molecular formula is C13H17N3O. The standard InChI is InChI=1S/C13H17N3O/c14-8-11-1-2-12(7-13(11)15)16-9-10-3-5-17-6-4-10/h1-2,7,10,16H,3-6,9,15H2. The van der Waals surface area contributed by atoms with Crippen LogP contribution in [0.15, 0.2) is 18.2 Å². The number of ether oxygens (including phenoxy) is 1. The van der Waals surface area contributed by atoms with Gasteiger partial charge in [0.05, 0.1) is 11.3 Å². The number of hydrogen-bond donors (Lipinski definition) is 2. The van der Waals surface area contributed by atoms with E-state index in [-0.39, 0.29) is 0 Å². The molecule has 1 aromatic carbocycles. The number of anilines is 2. The first-order valence-electron chi connectivity index (χ1n) is 5.91.